The summed E-state index contributed by atoms with van der Waals surface area (Å²) in [6.07, 6.45) is 3.02. The topological polar surface area (TPSA) is 299 Å². The highest BCUT2D eigenvalue weighted by Gasteiger charge is 2.38. The molecule has 0 radical (unpaired) electrons. The molecule has 6 unspecified atom stereocenters. The van der Waals surface area contributed by atoms with Gasteiger partial charge in [-0.15, -0.1) is 0 Å². The van der Waals surface area contributed by atoms with Crippen molar-refractivity contribution >= 4 is 58.2 Å². The summed E-state index contributed by atoms with van der Waals surface area (Å²) in [6, 6.07) is 15.0. The number of aliphatic carboxylic acids is 1. The molecule has 0 bridgehead atoms. The van der Waals surface area contributed by atoms with E-state index in [1.54, 1.807) is 48.7 Å². The molecule has 19 nitrogen and oxygen atoms in total. The summed E-state index contributed by atoms with van der Waals surface area (Å²) >= 11 is 0. The molecule has 66 heavy (non-hydrogen) atoms. The number of benzene rings is 3. The van der Waals surface area contributed by atoms with E-state index in [2.05, 4.69) is 26.3 Å². The van der Waals surface area contributed by atoms with Crippen molar-refractivity contribution in [3.63, 3.8) is 0 Å². The Labute approximate surface area is 382 Å². The highest BCUT2D eigenvalue weighted by Crippen LogP contribution is 2.22. The van der Waals surface area contributed by atoms with Crippen molar-refractivity contribution in [3.8, 4) is 5.75 Å². The van der Waals surface area contributed by atoms with Crippen molar-refractivity contribution in [2.24, 2.45) is 11.5 Å². The molecule has 0 spiro atoms. The van der Waals surface area contributed by atoms with Gasteiger partial charge in [-0.1, -0.05) is 80.4 Å². The van der Waals surface area contributed by atoms with Crippen molar-refractivity contribution < 1.29 is 48.6 Å². The normalized spacial score (nSPS) is 15.7. The molecule has 4 aromatic rings. The second-order valence-electron chi connectivity index (χ2n) is 16.5. The molecule has 1 aromatic heterocycles. The number of hydrogen-bond donors (Lipinski definition) is 9. The number of phenolic OH excluding ortho intramolecular Hbond substituents is 1. The lowest BCUT2D eigenvalue weighted by molar-refractivity contribution is -0.144. The summed E-state index contributed by atoms with van der Waals surface area (Å²) < 4.78 is 0. The zero-order chi connectivity index (χ0) is 47.9. The van der Waals surface area contributed by atoms with Gasteiger partial charge in [-0.05, 0) is 60.6 Å². The second kappa shape index (κ2) is 23.6. The molecule has 3 aromatic carbocycles. The number of carboxylic acid groups (broad SMARTS) is 1. The molecule has 352 valence electrons. The maximum absolute atomic E-state index is 14.6. The van der Waals surface area contributed by atoms with Crippen LogP contribution in [-0.2, 0) is 57.6 Å². The third-order valence-corrected chi connectivity index (χ3v) is 11.6. The van der Waals surface area contributed by atoms with Gasteiger partial charge < -0.3 is 57.7 Å². The van der Waals surface area contributed by atoms with Gasteiger partial charge in [-0.2, -0.15) is 0 Å². The van der Waals surface area contributed by atoms with Crippen molar-refractivity contribution in [1.82, 2.24) is 36.1 Å². The van der Waals surface area contributed by atoms with E-state index >= 15 is 0 Å². The van der Waals surface area contributed by atoms with Gasteiger partial charge >= 0.3 is 5.97 Å². The van der Waals surface area contributed by atoms with Crippen LogP contribution in [0.15, 0.2) is 85.1 Å². The Morgan fingerprint density at radius 1 is 0.833 bits per heavy atom. The van der Waals surface area contributed by atoms with Crippen LogP contribution in [-0.4, -0.2) is 129 Å². The minimum atomic E-state index is -1.66. The van der Waals surface area contributed by atoms with Crippen molar-refractivity contribution in [3.05, 3.63) is 102 Å². The van der Waals surface area contributed by atoms with Crippen LogP contribution in [0.3, 0.4) is 0 Å². The van der Waals surface area contributed by atoms with E-state index < -0.39 is 96.5 Å². The van der Waals surface area contributed by atoms with E-state index in [0.717, 1.165) is 21.4 Å². The maximum Gasteiger partial charge on any atom is 0.305 e. The van der Waals surface area contributed by atoms with Gasteiger partial charge in [-0.3, -0.25) is 38.4 Å². The van der Waals surface area contributed by atoms with Gasteiger partial charge in [-0.25, -0.2) is 0 Å². The van der Waals surface area contributed by atoms with Crippen LogP contribution in [0.25, 0.3) is 10.9 Å². The molecule has 1 aliphatic heterocycles. The Kier molecular flexibility index (Phi) is 17.8. The monoisotopic (exact) mass is 909 g/mol. The molecule has 2 heterocycles. The number of carbonyl (C=O) groups is 8. The number of primary amides is 1. The standard InChI is InChI=1S/C47H59N9O10/c1-3-4-15-38(45(64)54-36(25-41(59)60)43(62)53-35(42(49)61)23-28-11-6-5-7-12-28)55(2)47(66)37(24-30-26-50-34-14-9-8-13-32(30)34)52-40(58)27-51-44(63)39-16-10-21-56(39)46(65)33(48)22-29-17-19-31(57)20-18-29/h5-9,11-14,17-20,26,33,35-39,50,57H,3-4,10,15-16,21-25,27,48H2,1-2H3,(H2,49,61)(H,51,63)(H,52,58)(H,53,62)(H,54,64)(H,59,60). The van der Waals surface area contributed by atoms with E-state index in [-0.39, 0.29) is 38.0 Å². The van der Waals surface area contributed by atoms with Crippen LogP contribution in [0.1, 0.15) is 62.1 Å². The molecule has 1 fully saturated rings. The van der Waals surface area contributed by atoms with Crippen molar-refractivity contribution in [1.29, 1.82) is 0 Å². The van der Waals surface area contributed by atoms with Gasteiger partial charge in [0.15, 0.2) is 0 Å². The fraction of sp³-hybridized carbons (Fsp3) is 0.404. The lowest BCUT2D eigenvalue weighted by atomic mass is 10.0. The number of likely N-dealkylation sites (N-methyl/N-ethyl adjacent to an activating group) is 1. The number of phenols is 1. The van der Waals surface area contributed by atoms with Crippen LogP contribution in [0, 0.1) is 0 Å². The van der Waals surface area contributed by atoms with E-state index in [1.165, 1.54) is 24.1 Å². The van der Waals surface area contributed by atoms with Crippen LogP contribution in [0.2, 0.25) is 0 Å². The summed E-state index contributed by atoms with van der Waals surface area (Å²) in [7, 11) is 1.37. The number of carboxylic acids is 1. The number of para-hydroxylation sites is 1. The van der Waals surface area contributed by atoms with Crippen molar-refractivity contribution in [2.45, 2.75) is 101 Å². The number of nitrogens with two attached hydrogens (primary N) is 2. The second-order valence-corrected chi connectivity index (χ2v) is 16.5. The minimum absolute atomic E-state index is 0.00958. The molecule has 1 saturated heterocycles. The molecular formula is C47H59N9O10. The fourth-order valence-corrected chi connectivity index (χ4v) is 8.03. The molecule has 7 amide bonds. The third kappa shape index (κ3) is 13.6. The lowest BCUT2D eigenvalue weighted by Gasteiger charge is -2.32. The van der Waals surface area contributed by atoms with E-state index in [1.807, 2.05) is 31.2 Å². The Morgan fingerprint density at radius 3 is 2.18 bits per heavy atom. The fourth-order valence-electron chi connectivity index (χ4n) is 8.03. The zero-order valence-corrected chi connectivity index (χ0v) is 37.0. The number of nitrogens with one attached hydrogen (secondary N) is 5. The number of fused-ring (bicyclic) bond motifs is 1. The summed E-state index contributed by atoms with van der Waals surface area (Å²) in [5.41, 5.74) is 14.7. The average Bonchev–Trinajstić information content (AvgIpc) is 3.96. The zero-order valence-electron chi connectivity index (χ0n) is 37.0. The number of likely N-dealkylation sites (tertiary alicyclic amines) is 1. The molecular weight excluding hydrogens is 851 g/mol. The van der Waals surface area contributed by atoms with Crippen LogP contribution >= 0.6 is 0 Å². The maximum atomic E-state index is 14.6. The predicted octanol–water partition coefficient (Wildman–Crippen LogP) is 0.768. The summed E-state index contributed by atoms with van der Waals surface area (Å²) in [5.74, 6) is -6.48. The quantitative estimate of drug-likeness (QED) is 0.0501. The number of rotatable bonds is 23. The van der Waals surface area contributed by atoms with Gasteiger partial charge in [0.2, 0.25) is 41.4 Å². The van der Waals surface area contributed by atoms with Crippen LogP contribution < -0.4 is 32.7 Å². The summed E-state index contributed by atoms with van der Waals surface area (Å²) in [6.45, 7) is 1.60. The third-order valence-electron chi connectivity index (χ3n) is 11.6. The number of H-pyrrole nitrogens is 1. The SMILES string of the molecule is CCCCC(C(=O)NC(CC(=O)O)C(=O)NC(Cc1ccccc1)C(N)=O)N(C)C(=O)C(Cc1c[nH]c2ccccc12)NC(=O)CNC(=O)C1CCCN1C(=O)C(N)Cc1ccc(O)cc1. The molecule has 19 heteroatoms. The first-order valence-corrected chi connectivity index (χ1v) is 21.9. The number of amides is 7. The largest absolute Gasteiger partial charge is 0.508 e. The molecule has 11 N–H and O–H groups in total. The number of unbranched alkanes of at least 4 members (excludes halogenated alkanes) is 1. The van der Waals surface area contributed by atoms with E-state index in [0.29, 0.717) is 36.8 Å². The van der Waals surface area contributed by atoms with Gasteiger partial charge in [0.05, 0.1) is 19.0 Å². The molecule has 0 aliphatic carbocycles. The smallest absolute Gasteiger partial charge is 0.305 e. The molecule has 6 atom stereocenters. The van der Waals surface area contributed by atoms with Gasteiger partial charge in [0, 0.05) is 43.5 Å². The highest BCUT2D eigenvalue weighted by atomic mass is 16.4. The predicted molar refractivity (Wildman–Crippen MR) is 243 cm³/mol. The lowest BCUT2D eigenvalue weighted by Crippen LogP contribution is -2.59. The van der Waals surface area contributed by atoms with Crippen molar-refractivity contribution in [2.75, 3.05) is 20.1 Å². The average molecular weight is 910 g/mol. The minimum Gasteiger partial charge on any atom is -0.508 e. The van der Waals surface area contributed by atoms with Gasteiger partial charge in [0.1, 0.15) is 36.0 Å². The number of carbonyl (C=O) groups excluding carboxylic acids is 7. The van der Waals surface area contributed by atoms with Crippen LogP contribution in [0.5, 0.6) is 5.75 Å². The van der Waals surface area contributed by atoms with E-state index in [9.17, 15) is 48.6 Å². The Balaban J connectivity index is 1.30. The number of hydrogen-bond acceptors (Lipinski definition) is 10. The number of aromatic hydroxyl groups is 1. The first-order chi connectivity index (χ1) is 31.6. The number of aromatic nitrogens is 1. The molecule has 1 aliphatic rings. The number of aromatic amines is 1. The number of nitrogens with zero attached hydrogens (tertiary/aromatic N) is 2. The first kappa shape index (κ1) is 49.7. The van der Waals surface area contributed by atoms with Crippen LogP contribution in [0.4, 0.5) is 0 Å². The highest BCUT2D eigenvalue weighted by molar-refractivity contribution is 5.98. The first-order valence-electron chi connectivity index (χ1n) is 21.9. The van der Waals surface area contributed by atoms with E-state index in [4.69, 9.17) is 11.5 Å². The summed E-state index contributed by atoms with van der Waals surface area (Å²) in [4.78, 5) is 113. The Morgan fingerprint density at radius 2 is 1.50 bits per heavy atom. The Bertz CT molecular complexity index is 2360. The molecule has 0 saturated carbocycles. The van der Waals surface area contributed by atoms with Gasteiger partial charge in [0.25, 0.3) is 0 Å². The molecule has 5 rings (SSSR count). The summed E-state index contributed by atoms with van der Waals surface area (Å²) in [5, 5.41) is 30.4. The Hall–Kier alpha value is -7.28.